The Labute approximate surface area is 176 Å². The maximum atomic E-state index is 12.1. The van der Waals surface area contributed by atoms with Crippen molar-refractivity contribution in [2.24, 2.45) is 0 Å². The van der Waals surface area contributed by atoms with Crippen molar-refractivity contribution in [1.82, 2.24) is 10.3 Å². The number of carbonyl (C=O) groups excluding carboxylic acids is 1. The summed E-state index contributed by atoms with van der Waals surface area (Å²) < 4.78 is 5.51. The van der Waals surface area contributed by atoms with E-state index >= 15 is 0 Å². The lowest BCUT2D eigenvalue weighted by molar-refractivity contribution is 0.143. The van der Waals surface area contributed by atoms with Gasteiger partial charge < -0.3 is 15.8 Å². The molecule has 0 atom stereocenters. The number of fused-ring (bicyclic) bond motifs is 3. The number of hydrogen-bond donors (Lipinski definition) is 2. The molecule has 0 spiro atoms. The second kappa shape index (κ2) is 8.71. The van der Waals surface area contributed by atoms with Crippen molar-refractivity contribution in [2.45, 2.75) is 19.3 Å². The number of rotatable bonds is 4. The second-order valence-corrected chi connectivity index (χ2v) is 7.19. The molecule has 5 nitrogen and oxygen atoms in total. The Kier molecular flexibility index (Phi) is 5.67. The van der Waals surface area contributed by atoms with Crippen molar-refractivity contribution in [1.29, 1.82) is 0 Å². The fourth-order valence-electron chi connectivity index (χ4n) is 3.69. The number of nitrogens with zero attached hydrogens (tertiary/aromatic N) is 1. The minimum absolute atomic E-state index is 0.0540. The number of alkyl carbamates (subject to hydrolysis) is 1. The first-order chi connectivity index (χ1) is 14.6. The number of hydrogen-bond acceptors (Lipinski definition) is 4. The number of pyridine rings is 1. The van der Waals surface area contributed by atoms with Crippen LogP contribution in [0.5, 0.6) is 0 Å². The lowest BCUT2D eigenvalue weighted by atomic mass is 9.98. The van der Waals surface area contributed by atoms with Gasteiger partial charge in [0.2, 0.25) is 0 Å². The molecule has 3 aromatic rings. The first-order valence-corrected chi connectivity index (χ1v) is 9.94. The van der Waals surface area contributed by atoms with Crippen LogP contribution in [-0.2, 0) is 4.74 Å². The number of amides is 1. The number of aryl methyl sites for hydroxylation is 1. The molecule has 1 heterocycles. The molecule has 4 rings (SSSR count). The van der Waals surface area contributed by atoms with E-state index in [0.29, 0.717) is 31.0 Å². The first-order valence-electron chi connectivity index (χ1n) is 9.94. The number of ether oxygens (including phenoxy) is 1. The van der Waals surface area contributed by atoms with Gasteiger partial charge in [-0.05, 0) is 47.2 Å². The Morgan fingerprint density at radius 2 is 1.73 bits per heavy atom. The highest BCUT2D eigenvalue weighted by molar-refractivity contribution is 5.79. The molecule has 1 aromatic heterocycles. The van der Waals surface area contributed by atoms with Crippen LogP contribution in [-0.4, -0.2) is 24.2 Å². The largest absolute Gasteiger partial charge is 0.449 e. The Balaban J connectivity index is 1.30. The predicted molar refractivity (Wildman–Crippen MR) is 118 cm³/mol. The summed E-state index contributed by atoms with van der Waals surface area (Å²) in [5.41, 5.74) is 12.7. The SMILES string of the molecule is Cc1ccc(N)c(C#CCCNC(=O)OCC2c3ccccc3-c3ccccc32)n1. The van der Waals surface area contributed by atoms with Crippen molar-refractivity contribution in [3.63, 3.8) is 0 Å². The summed E-state index contributed by atoms with van der Waals surface area (Å²) in [7, 11) is 0. The van der Waals surface area contributed by atoms with Crippen LogP contribution in [0, 0.1) is 18.8 Å². The monoisotopic (exact) mass is 397 g/mol. The number of benzene rings is 2. The molecule has 0 unspecified atom stereocenters. The predicted octanol–water partition coefficient (Wildman–Crippen LogP) is 4.25. The van der Waals surface area contributed by atoms with Crippen molar-refractivity contribution < 1.29 is 9.53 Å². The summed E-state index contributed by atoms with van der Waals surface area (Å²) in [6.45, 7) is 2.59. The van der Waals surface area contributed by atoms with Crippen LogP contribution in [0.25, 0.3) is 11.1 Å². The molecule has 5 heteroatoms. The molecule has 0 saturated carbocycles. The summed E-state index contributed by atoms with van der Waals surface area (Å²) in [6.07, 6.45) is 0.0473. The van der Waals surface area contributed by atoms with E-state index in [0.717, 1.165) is 5.69 Å². The van der Waals surface area contributed by atoms with Gasteiger partial charge in [0.1, 0.15) is 12.3 Å². The van der Waals surface area contributed by atoms with Gasteiger partial charge in [0, 0.05) is 24.6 Å². The molecule has 0 bridgehead atoms. The van der Waals surface area contributed by atoms with Crippen LogP contribution in [0.2, 0.25) is 0 Å². The molecular formula is C25H23N3O2. The lowest BCUT2D eigenvalue weighted by Gasteiger charge is -2.14. The molecule has 0 saturated heterocycles. The number of anilines is 1. The van der Waals surface area contributed by atoms with E-state index in [1.54, 1.807) is 6.07 Å². The maximum Gasteiger partial charge on any atom is 0.407 e. The van der Waals surface area contributed by atoms with E-state index in [1.165, 1.54) is 22.3 Å². The highest BCUT2D eigenvalue weighted by Gasteiger charge is 2.28. The third-order valence-corrected chi connectivity index (χ3v) is 5.14. The molecule has 1 amide bonds. The zero-order valence-electron chi connectivity index (χ0n) is 16.8. The molecule has 1 aliphatic rings. The standard InChI is InChI=1S/C25H23N3O2/c1-17-13-14-23(26)24(28-17)12-6-7-15-27-25(29)30-16-22-20-10-4-2-8-18(20)19-9-3-5-11-21(19)22/h2-5,8-11,13-14,22H,7,15-16,26H2,1H3,(H,27,29). The number of aromatic nitrogens is 1. The van der Waals surface area contributed by atoms with Gasteiger partial charge in [0.25, 0.3) is 0 Å². The third-order valence-electron chi connectivity index (χ3n) is 5.14. The Morgan fingerprint density at radius 3 is 2.43 bits per heavy atom. The van der Waals surface area contributed by atoms with E-state index in [-0.39, 0.29) is 5.92 Å². The summed E-state index contributed by atoms with van der Waals surface area (Å²) in [6, 6.07) is 20.2. The van der Waals surface area contributed by atoms with Crippen molar-refractivity contribution >= 4 is 11.8 Å². The smallest absolute Gasteiger partial charge is 0.407 e. The average molecular weight is 397 g/mol. The van der Waals surface area contributed by atoms with Gasteiger partial charge in [0.15, 0.2) is 0 Å². The van der Waals surface area contributed by atoms with Gasteiger partial charge in [-0.15, -0.1) is 0 Å². The second-order valence-electron chi connectivity index (χ2n) is 7.19. The Hall–Kier alpha value is -3.78. The van der Waals surface area contributed by atoms with E-state index in [4.69, 9.17) is 10.5 Å². The topological polar surface area (TPSA) is 77.2 Å². The number of nitrogen functional groups attached to an aromatic ring is 1. The van der Waals surface area contributed by atoms with E-state index in [9.17, 15) is 4.79 Å². The molecule has 150 valence electrons. The molecule has 1 aliphatic carbocycles. The molecule has 30 heavy (non-hydrogen) atoms. The zero-order valence-corrected chi connectivity index (χ0v) is 16.8. The summed E-state index contributed by atoms with van der Waals surface area (Å²) in [5.74, 6) is 5.99. The quantitative estimate of drug-likeness (QED) is 0.510. The average Bonchev–Trinajstić information content (AvgIpc) is 3.08. The molecule has 0 radical (unpaired) electrons. The van der Waals surface area contributed by atoms with Crippen LogP contribution < -0.4 is 11.1 Å². The van der Waals surface area contributed by atoms with Crippen LogP contribution in [0.4, 0.5) is 10.5 Å². The fraction of sp³-hybridized carbons (Fsp3) is 0.200. The minimum Gasteiger partial charge on any atom is -0.449 e. The summed E-state index contributed by atoms with van der Waals surface area (Å²) >= 11 is 0. The highest BCUT2D eigenvalue weighted by Crippen LogP contribution is 2.44. The van der Waals surface area contributed by atoms with Gasteiger partial charge in [-0.3, -0.25) is 0 Å². The van der Waals surface area contributed by atoms with Crippen LogP contribution in [0.15, 0.2) is 60.7 Å². The van der Waals surface area contributed by atoms with Gasteiger partial charge in [0.05, 0.1) is 5.69 Å². The Bertz CT molecular complexity index is 1100. The minimum atomic E-state index is -0.438. The van der Waals surface area contributed by atoms with E-state index < -0.39 is 6.09 Å². The zero-order chi connectivity index (χ0) is 20.9. The summed E-state index contributed by atoms with van der Waals surface area (Å²) in [4.78, 5) is 16.4. The Morgan fingerprint density at radius 1 is 1.07 bits per heavy atom. The van der Waals surface area contributed by atoms with Crippen molar-refractivity contribution in [2.75, 3.05) is 18.9 Å². The van der Waals surface area contributed by atoms with E-state index in [2.05, 4.69) is 46.4 Å². The number of carbonyl (C=O) groups is 1. The number of nitrogens with two attached hydrogens (primary N) is 1. The third kappa shape index (κ3) is 4.13. The van der Waals surface area contributed by atoms with Gasteiger partial charge in [-0.25, -0.2) is 9.78 Å². The van der Waals surface area contributed by atoms with Crippen LogP contribution in [0.3, 0.4) is 0 Å². The maximum absolute atomic E-state index is 12.1. The van der Waals surface area contributed by atoms with Gasteiger partial charge in [-0.2, -0.15) is 0 Å². The number of nitrogens with one attached hydrogen (secondary N) is 1. The van der Waals surface area contributed by atoms with Crippen molar-refractivity contribution in [3.8, 4) is 23.0 Å². The van der Waals surface area contributed by atoms with Gasteiger partial charge >= 0.3 is 6.09 Å². The van der Waals surface area contributed by atoms with E-state index in [1.807, 2.05) is 37.3 Å². The fourth-order valence-corrected chi connectivity index (χ4v) is 3.69. The molecule has 0 fully saturated rings. The van der Waals surface area contributed by atoms with Crippen LogP contribution >= 0.6 is 0 Å². The molecule has 2 aromatic carbocycles. The first kappa shape index (κ1) is 19.5. The molecular weight excluding hydrogens is 374 g/mol. The molecule has 0 aliphatic heterocycles. The van der Waals surface area contributed by atoms with Gasteiger partial charge in [-0.1, -0.05) is 54.5 Å². The summed E-state index contributed by atoms with van der Waals surface area (Å²) in [5, 5.41) is 2.75. The van der Waals surface area contributed by atoms with Crippen LogP contribution in [0.1, 0.15) is 34.9 Å². The normalized spacial score (nSPS) is 11.8. The van der Waals surface area contributed by atoms with Crippen molar-refractivity contribution in [3.05, 3.63) is 83.2 Å². The highest BCUT2D eigenvalue weighted by atomic mass is 16.5. The lowest BCUT2D eigenvalue weighted by Crippen LogP contribution is -2.26. The molecule has 3 N–H and O–H groups in total.